The Hall–Kier alpha value is -3.02. The van der Waals surface area contributed by atoms with E-state index in [1.807, 2.05) is 38.1 Å². The minimum absolute atomic E-state index is 0.0515. The van der Waals surface area contributed by atoms with Crippen LogP contribution in [0.5, 0.6) is 11.5 Å². The van der Waals surface area contributed by atoms with Crippen molar-refractivity contribution < 1.29 is 19.1 Å². The van der Waals surface area contributed by atoms with Crippen molar-refractivity contribution >= 4 is 17.5 Å². The number of nitrogens with one attached hydrogen (secondary N) is 1. The van der Waals surface area contributed by atoms with Crippen LogP contribution in [0.3, 0.4) is 0 Å². The zero-order valence-corrected chi connectivity index (χ0v) is 16.7. The van der Waals surface area contributed by atoms with E-state index in [1.54, 1.807) is 30.2 Å². The van der Waals surface area contributed by atoms with Crippen molar-refractivity contribution in [3.63, 3.8) is 0 Å². The van der Waals surface area contributed by atoms with Gasteiger partial charge in [0, 0.05) is 17.8 Å². The number of carbonyl (C=O) groups excluding carboxylic acids is 2. The molecule has 0 saturated carbocycles. The first-order chi connectivity index (χ1) is 13.5. The Morgan fingerprint density at radius 3 is 2.43 bits per heavy atom. The molecule has 0 saturated heterocycles. The second-order valence-corrected chi connectivity index (χ2v) is 7.13. The number of methoxy groups -OCH3 is 2. The van der Waals surface area contributed by atoms with E-state index in [-0.39, 0.29) is 17.7 Å². The van der Waals surface area contributed by atoms with E-state index in [0.29, 0.717) is 23.6 Å². The highest BCUT2D eigenvalue weighted by Crippen LogP contribution is 2.29. The van der Waals surface area contributed by atoms with Gasteiger partial charge in [-0.05, 0) is 42.2 Å². The van der Waals surface area contributed by atoms with E-state index in [1.165, 1.54) is 7.11 Å². The monoisotopic (exact) mass is 382 g/mol. The summed E-state index contributed by atoms with van der Waals surface area (Å²) in [6, 6.07) is 12.2. The van der Waals surface area contributed by atoms with Gasteiger partial charge in [0.25, 0.3) is 5.91 Å². The Bertz CT molecular complexity index is 879. The van der Waals surface area contributed by atoms with Gasteiger partial charge in [-0.1, -0.05) is 32.0 Å². The van der Waals surface area contributed by atoms with Crippen molar-refractivity contribution in [3.05, 3.63) is 53.6 Å². The predicted octanol–water partition coefficient (Wildman–Crippen LogP) is 3.05. The molecule has 0 unspecified atom stereocenters. The fraction of sp³-hybridized carbons (Fsp3) is 0.364. The highest BCUT2D eigenvalue weighted by atomic mass is 16.5. The van der Waals surface area contributed by atoms with Crippen LogP contribution in [0.4, 0.5) is 5.69 Å². The van der Waals surface area contributed by atoms with Gasteiger partial charge in [-0.3, -0.25) is 9.59 Å². The van der Waals surface area contributed by atoms with Gasteiger partial charge >= 0.3 is 0 Å². The lowest BCUT2D eigenvalue weighted by molar-refractivity contribution is -0.121. The normalized spacial score (nSPS) is 13.8. The van der Waals surface area contributed by atoms with Gasteiger partial charge < -0.3 is 19.7 Å². The van der Waals surface area contributed by atoms with Gasteiger partial charge in [-0.25, -0.2) is 0 Å². The SMILES string of the molecule is COc1ccc(C(=O)N[C@H](C(=O)N2CCc3ccccc32)C(C)C)cc1OC. The van der Waals surface area contributed by atoms with Gasteiger partial charge in [0.1, 0.15) is 6.04 Å². The van der Waals surface area contributed by atoms with Crippen LogP contribution in [0.25, 0.3) is 0 Å². The first-order valence-electron chi connectivity index (χ1n) is 9.38. The topological polar surface area (TPSA) is 67.9 Å². The van der Waals surface area contributed by atoms with Crippen LogP contribution in [0.1, 0.15) is 29.8 Å². The number of anilines is 1. The molecule has 0 spiro atoms. The molecule has 2 aromatic rings. The molecule has 148 valence electrons. The van der Waals surface area contributed by atoms with E-state index in [2.05, 4.69) is 5.32 Å². The molecule has 2 aromatic carbocycles. The lowest BCUT2D eigenvalue weighted by atomic mass is 10.0. The zero-order valence-electron chi connectivity index (χ0n) is 16.7. The summed E-state index contributed by atoms with van der Waals surface area (Å²) in [6.45, 7) is 4.49. The Kier molecular flexibility index (Phi) is 5.87. The summed E-state index contributed by atoms with van der Waals surface area (Å²) in [4.78, 5) is 27.8. The van der Waals surface area contributed by atoms with Crippen molar-refractivity contribution in [2.45, 2.75) is 26.3 Å². The van der Waals surface area contributed by atoms with E-state index in [4.69, 9.17) is 9.47 Å². The second-order valence-electron chi connectivity index (χ2n) is 7.13. The predicted molar refractivity (Wildman–Crippen MR) is 108 cm³/mol. The molecule has 28 heavy (non-hydrogen) atoms. The van der Waals surface area contributed by atoms with Crippen molar-refractivity contribution in [2.24, 2.45) is 5.92 Å². The molecule has 1 aliphatic rings. The largest absolute Gasteiger partial charge is 0.493 e. The summed E-state index contributed by atoms with van der Waals surface area (Å²) >= 11 is 0. The molecule has 0 radical (unpaired) electrons. The third-order valence-electron chi connectivity index (χ3n) is 5.02. The maximum atomic E-state index is 13.2. The van der Waals surface area contributed by atoms with Gasteiger partial charge in [-0.15, -0.1) is 0 Å². The summed E-state index contributed by atoms with van der Waals surface area (Å²) in [5.41, 5.74) is 2.50. The molecule has 1 aliphatic heterocycles. The fourth-order valence-corrected chi connectivity index (χ4v) is 3.45. The van der Waals surface area contributed by atoms with Gasteiger partial charge in [0.05, 0.1) is 14.2 Å². The fourth-order valence-electron chi connectivity index (χ4n) is 3.45. The van der Waals surface area contributed by atoms with Crippen molar-refractivity contribution in [1.29, 1.82) is 0 Å². The molecule has 2 amide bonds. The molecular formula is C22H26N2O4. The molecule has 0 fully saturated rings. The lowest BCUT2D eigenvalue weighted by Gasteiger charge is -2.27. The quantitative estimate of drug-likeness (QED) is 0.834. The van der Waals surface area contributed by atoms with E-state index in [9.17, 15) is 9.59 Å². The minimum Gasteiger partial charge on any atom is -0.493 e. The zero-order chi connectivity index (χ0) is 20.3. The molecule has 0 aromatic heterocycles. The number of carbonyl (C=O) groups is 2. The third-order valence-corrected chi connectivity index (χ3v) is 5.02. The second kappa shape index (κ2) is 8.33. The average Bonchev–Trinajstić information content (AvgIpc) is 3.14. The maximum Gasteiger partial charge on any atom is 0.252 e. The third kappa shape index (κ3) is 3.81. The number of benzene rings is 2. The number of rotatable bonds is 6. The molecular weight excluding hydrogens is 356 g/mol. The number of amides is 2. The highest BCUT2D eigenvalue weighted by molar-refractivity contribution is 6.03. The Labute approximate surface area is 165 Å². The van der Waals surface area contributed by atoms with Gasteiger partial charge in [0.15, 0.2) is 11.5 Å². The summed E-state index contributed by atoms with van der Waals surface area (Å²) in [5.74, 6) is 0.555. The van der Waals surface area contributed by atoms with Gasteiger partial charge in [-0.2, -0.15) is 0 Å². The van der Waals surface area contributed by atoms with Crippen molar-refractivity contribution in [2.75, 3.05) is 25.7 Å². The van der Waals surface area contributed by atoms with Crippen LogP contribution in [-0.2, 0) is 11.2 Å². The number of fused-ring (bicyclic) bond motifs is 1. The number of para-hydroxylation sites is 1. The number of hydrogen-bond donors (Lipinski definition) is 1. The molecule has 0 bridgehead atoms. The average molecular weight is 382 g/mol. The molecule has 6 heteroatoms. The Morgan fingerprint density at radius 2 is 1.75 bits per heavy atom. The first-order valence-corrected chi connectivity index (χ1v) is 9.38. The van der Waals surface area contributed by atoms with Gasteiger partial charge in [0.2, 0.25) is 5.91 Å². The smallest absolute Gasteiger partial charge is 0.252 e. The van der Waals surface area contributed by atoms with Crippen LogP contribution in [0.2, 0.25) is 0 Å². The minimum atomic E-state index is -0.619. The van der Waals surface area contributed by atoms with E-state index >= 15 is 0 Å². The van der Waals surface area contributed by atoms with Crippen LogP contribution >= 0.6 is 0 Å². The van der Waals surface area contributed by atoms with Crippen LogP contribution in [0.15, 0.2) is 42.5 Å². The standard InChI is InChI=1S/C22H26N2O4/c1-14(2)20(22(26)24-12-11-15-7-5-6-8-17(15)24)23-21(25)16-9-10-18(27-3)19(13-16)28-4/h5-10,13-14,20H,11-12H2,1-4H3,(H,23,25)/t20-/m0/s1. The molecule has 1 atom stereocenters. The summed E-state index contributed by atoms with van der Waals surface area (Å²) in [6.07, 6.45) is 0.830. The van der Waals surface area contributed by atoms with Crippen LogP contribution in [0, 0.1) is 5.92 Å². The summed E-state index contributed by atoms with van der Waals surface area (Å²) in [5, 5.41) is 2.90. The number of nitrogens with zero attached hydrogens (tertiary/aromatic N) is 1. The highest BCUT2D eigenvalue weighted by Gasteiger charge is 2.33. The molecule has 1 N–H and O–H groups in total. The first kappa shape index (κ1) is 19.7. The van der Waals surface area contributed by atoms with E-state index < -0.39 is 6.04 Å². The van der Waals surface area contributed by atoms with Crippen molar-refractivity contribution in [1.82, 2.24) is 5.32 Å². The Morgan fingerprint density at radius 1 is 1.04 bits per heavy atom. The molecule has 6 nitrogen and oxygen atoms in total. The molecule has 1 heterocycles. The summed E-state index contributed by atoms with van der Waals surface area (Å²) < 4.78 is 10.5. The van der Waals surface area contributed by atoms with Crippen LogP contribution < -0.4 is 19.7 Å². The number of ether oxygens (including phenoxy) is 2. The molecule has 3 rings (SSSR count). The molecule has 0 aliphatic carbocycles. The number of hydrogen-bond acceptors (Lipinski definition) is 4. The van der Waals surface area contributed by atoms with Crippen LogP contribution in [-0.4, -0.2) is 38.6 Å². The lowest BCUT2D eigenvalue weighted by Crippen LogP contribution is -2.51. The van der Waals surface area contributed by atoms with Crippen molar-refractivity contribution in [3.8, 4) is 11.5 Å². The maximum absolute atomic E-state index is 13.2. The summed E-state index contributed by atoms with van der Waals surface area (Å²) in [7, 11) is 3.06. The van der Waals surface area contributed by atoms with E-state index in [0.717, 1.165) is 17.7 Å². The Balaban J connectivity index is 1.80.